The number of anilines is 1. The summed E-state index contributed by atoms with van der Waals surface area (Å²) in [4.78, 5) is 11.3. The fraction of sp³-hybridized carbons (Fsp3) is 0.714. The van der Waals surface area contributed by atoms with Crippen LogP contribution in [0.25, 0.3) is 0 Å². The van der Waals surface area contributed by atoms with Gasteiger partial charge >= 0.3 is 0 Å². The van der Waals surface area contributed by atoms with Crippen molar-refractivity contribution in [2.75, 3.05) is 11.9 Å². The van der Waals surface area contributed by atoms with Crippen molar-refractivity contribution in [3.8, 4) is 0 Å². The van der Waals surface area contributed by atoms with Crippen molar-refractivity contribution in [3.63, 3.8) is 0 Å². The molecule has 100 valence electrons. The second-order valence-corrected chi connectivity index (χ2v) is 6.23. The van der Waals surface area contributed by atoms with E-state index in [-0.39, 0.29) is 5.54 Å². The van der Waals surface area contributed by atoms with Crippen molar-refractivity contribution in [1.29, 1.82) is 0 Å². The molecule has 1 aromatic heterocycles. The third-order valence-corrected chi connectivity index (χ3v) is 3.29. The van der Waals surface area contributed by atoms with Crippen molar-refractivity contribution >= 4 is 5.95 Å². The molecule has 0 atom stereocenters. The van der Waals surface area contributed by atoms with Crippen LogP contribution in [-0.2, 0) is 6.54 Å². The Morgan fingerprint density at radius 1 is 1.39 bits per heavy atom. The molecule has 0 unspecified atom stereocenters. The molecule has 4 nitrogen and oxygen atoms in total. The molecule has 18 heavy (non-hydrogen) atoms. The van der Waals surface area contributed by atoms with Gasteiger partial charge in [-0.05, 0) is 40.5 Å². The Bertz CT molecular complexity index is 418. The van der Waals surface area contributed by atoms with Gasteiger partial charge in [0.1, 0.15) is 0 Å². The predicted molar refractivity (Wildman–Crippen MR) is 74.8 cm³/mol. The van der Waals surface area contributed by atoms with E-state index in [1.54, 1.807) is 0 Å². The minimum absolute atomic E-state index is 0.121. The van der Waals surface area contributed by atoms with Crippen LogP contribution in [-0.4, -0.2) is 28.6 Å². The first-order valence-electron chi connectivity index (χ1n) is 6.67. The van der Waals surface area contributed by atoms with E-state index in [9.17, 15) is 0 Å². The van der Waals surface area contributed by atoms with E-state index in [0.717, 1.165) is 18.2 Å². The molecule has 1 aromatic rings. The van der Waals surface area contributed by atoms with E-state index in [1.165, 1.54) is 18.4 Å². The first kappa shape index (κ1) is 13.3. The molecule has 1 N–H and O–H groups in total. The summed E-state index contributed by atoms with van der Waals surface area (Å²) in [7, 11) is 2.08. The van der Waals surface area contributed by atoms with Crippen LogP contribution in [0.1, 0.15) is 44.9 Å². The zero-order valence-electron chi connectivity index (χ0n) is 12.1. The molecule has 0 aromatic carbocycles. The SMILES string of the molecule is Cc1nc(N(C)C2CC2)ncc1CNC(C)(C)C. The van der Waals surface area contributed by atoms with Crippen molar-refractivity contribution < 1.29 is 0 Å². The Balaban J connectivity index is 2.05. The van der Waals surface area contributed by atoms with Gasteiger partial charge in [0, 0.05) is 42.6 Å². The number of rotatable bonds is 4. The molecular formula is C14H24N4. The zero-order valence-corrected chi connectivity index (χ0v) is 12.1. The number of hydrogen-bond donors (Lipinski definition) is 1. The molecule has 0 bridgehead atoms. The Hall–Kier alpha value is -1.16. The molecular weight excluding hydrogens is 224 g/mol. The van der Waals surface area contributed by atoms with Gasteiger partial charge < -0.3 is 10.2 Å². The average Bonchev–Trinajstić information content (AvgIpc) is 3.09. The molecule has 0 saturated heterocycles. The summed E-state index contributed by atoms with van der Waals surface area (Å²) in [5.41, 5.74) is 2.37. The van der Waals surface area contributed by atoms with Gasteiger partial charge in [-0.2, -0.15) is 0 Å². The Kier molecular flexibility index (Phi) is 3.57. The molecule has 4 heteroatoms. The summed E-state index contributed by atoms with van der Waals surface area (Å²) < 4.78 is 0. The molecule has 1 heterocycles. The van der Waals surface area contributed by atoms with Crippen molar-refractivity contribution in [3.05, 3.63) is 17.5 Å². The van der Waals surface area contributed by atoms with Gasteiger partial charge in [-0.25, -0.2) is 9.97 Å². The van der Waals surface area contributed by atoms with Gasteiger partial charge in [0.2, 0.25) is 5.95 Å². The van der Waals surface area contributed by atoms with Gasteiger partial charge in [0.25, 0.3) is 0 Å². The van der Waals surface area contributed by atoms with Gasteiger partial charge in [-0.15, -0.1) is 0 Å². The third kappa shape index (κ3) is 3.42. The third-order valence-electron chi connectivity index (χ3n) is 3.29. The maximum Gasteiger partial charge on any atom is 0.225 e. The van der Waals surface area contributed by atoms with Crippen molar-refractivity contribution in [2.45, 2.75) is 58.7 Å². The Morgan fingerprint density at radius 3 is 2.56 bits per heavy atom. The summed E-state index contributed by atoms with van der Waals surface area (Å²) in [5, 5.41) is 3.47. The van der Waals surface area contributed by atoms with Crippen LogP contribution in [0.3, 0.4) is 0 Å². The second-order valence-electron chi connectivity index (χ2n) is 6.23. The van der Waals surface area contributed by atoms with Crippen LogP contribution in [0.15, 0.2) is 6.20 Å². The van der Waals surface area contributed by atoms with Crippen LogP contribution in [0.5, 0.6) is 0 Å². The average molecular weight is 248 g/mol. The van der Waals surface area contributed by atoms with E-state index in [4.69, 9.17) is 0 Å². The Morgan fingerprint density at radius 2 is 2.06 bits per heavy atom. The van der Waals surface area contributed by atoms with E-state index in [1.807, 2.05) is 6.20 Å². The molecule has 1 saturated carbocycles. The maximum absolute atomic E-state index is 4.61. The lowest BCUT2D eigenvalue weighted by Gasteiger charge is -2.22. The van der Waals surface area contributed by atoms with E-state index < -0.39 is 0 Å². The quantitative estimate of drug-likeness (QED) is 0.887. The molecule has 0 spiro atoms. The fourth-order valence-electron chi connectivity index (χ4n) is 1.81. The van der Waals surface area contributed by atoms with E-state index >= 15 is 0 Å². The number of aromatic nitrogens is 2. The van der Waals surface area contributed by atoms with Crippen molar-refractivity contribution in [2.24, 2.45) is 0 Å². The summed E-state index contributed by atoms with van der Waals surface area (Å²) in [6.45, 7) is 9.38. The number of nitrogens with one attached hydrogen (secondary N) is 1. The van der Waals surface area contributed by atoms with Crippen LogP contribution in [0, 0.1) is 6.92 Å². The molecule has 0 aliphatic heterocycles. The lowest BCUT2D eigenvalue weighted by molar-refractivity contribution is 0.423. The highest BCUT2D eigenvalue weighted by Crippen LogP contribution is 2.28. The second kappa shape index (κ2) is 4.84. The topological polar surface area (TPSA) is 41.1 Å². The predicted octanol–water partition coefficient (Wildman–Crippen LogP) is 2.27. The number of nitrogens with zero attached hydrogens (tertiary/aromatic N) is 3. The van der Waals surface area contributed by atoms with Crippen LogP contribution in [0.2, 0.25) is 0 Å². The summed E-state index contributed by atoms with van der Waals surface area (Å²) >= 11 is 0. The van der Waals surface area contributed by atoms with Crippen molar-refractivity contribution in [1.82, 2.24) is 15.3 Å². The minimum atomic E-state index is 0.121. The van der Waals surface area contributed by atoms with Gasteiger partial charge in [0.15, 0.2) is 0 Å². The highest BCUT2D eigenvalue weighted by molar-refractivity contribution is 5.35. The van der Waals surface area contributed by atoms with Gasteiger partial charge in [-0.3, -0.25) is 0 Å². The Labute approximate surface area is 110 Å². The van der Waals surface area contributed by atoms with Crippen LogP contribution in [0.4, 0.5) is 5.95 Å². The standard InChI is InChI=1S/C14H24N4/c1-10-11(9-16-14(2,3)4)8-15-13(17-10)18(5)12-6-7-12/h8,12,16H,6-7,9H2,1-5H3. The number of hydrogen-bond acceptors (Lipinski definition) is 4. The molecule has 1 fully saturated rings. The van der Waals surface area contributed by atoms with Gasteiger partial charge in [0.05, 0.1) is 0 Å². The summed E-state index contributed by atoms with van der Waals surface area (Å²) in [6, 6.07) is 0.656. The van der Waals surface area contributed by atoms with E-state index in [0.29, 0.717) is 6.04 Å². The summed E-state index contributed by atoms with van der Waals surface area (Å²) in [5.74, 6) is 0.856. The lowest BCUT2D eigenvalue weighted by Crippen LogP contribution is -2.35. The summed E-state index contributed by atoms with van der Waals surface area (Å²) in [6.07, 6.45) is 4.49. The normalized spacial score (nSPS) is 15.8. The molecule has 1 aliphatic carbocycles. The highest BCUT2D eigenvalue weighted by Gasteiger charge is 2.28. The van der Waals surface area contributed by atoms with Crippen LogP contribution < -0.4 is 10.2 Å². The molecule has 2 rings (SSSR count). The lowest BCUT2D eigenvalue weighted by atomic mass is 10.1. The van der Waals surface area contributed by atoms with Gasteiger partial charge in [-0.1, -0.05) is 0 Å². The maximum atomic E-state index is 4.61. The zero-order chi connectivity index (χ0) is 13.3. The van der Waals surface area contributed by atoms with Crippen LogP contribution >= 0.6 is 0 Å². The first-order chi connectivity index (χ1) is 8.37. The highest BCUT2D eigenvalue weighted by atomic mass is 15.3. The minimum Gasteiger partial charge on any atom is -0.341 e. The largest absolute Gasteiger partial charge is 0.341 e. The first-order valence-corrected chi connectivity index (χ1v) is 6.67. The molecule has 0 radical (unpaired) electrons. The molecule has 1 aliphatic rings. The van der Waals surface area contributed by atoms with E-state index in [2.05, 4.69) is 54.9 Å². The monoisotopic (exact) mass is 248 g/mol. The fourth-order valence-corrected chi connectivity index (χ4v) is 1.81. The smallest absolute Gasteiger partial charge is 0.225 e. The number of aryl methyl sites for hydroxylation is 1. The molecule has 0 amide bonds.